The second-order valence-electron chi connectivity index (χ2n) is 9.81. The number of anilines is 2. The van der Waals surface area contributed by atoms with Crippen LogP contribution in [0.15, 0.2) is 78.9 Å². The highest BCUT2D eigenvalue weighted by Crippen LogP contribution is 2.22. The van der Waals surface area contributed by atoms with Gasteiger partial charge in [-0.05, 0) is 48.4 Å². The Labute approximate surface area is 229 Å². The molecule has 1 saturated heterocycles. The molecule has 0 saturated carbocycles. The highest BCUT2D eigenvalue weighted by atomic mass is 16.2. The molecule has 202 valence electrons. The minimum absolute atomic E-state index is 0.0145. The molecule has 8 heteroatoms. The number of rotatable bonds is 10. The third kappa shape index (κ3) is 7.10. The number of carbonyl (C=O) groups is 4. The summed E-state index contributed by atoms with van der Waals surface area (Å²) >= 11 is 0. The van der Waals surface area contributed by atoms with Crippen molar-refractivity contribution in [2.24, 2.45) is 5.92 Å². The van der Waals surface area contributed by atoms with E-state index in [1.807, 2.05) is 30.3 Å². The highest BCUT2D eigenvalue weighted by Gasteiger charge is 2.33. The van der Waals surface area contributed by atoms with Gasteiger partial charge in [0.25, 0.3) is 11.8 Å². The smallest absolute Gasteiger partial charge is 0.256 e. The number of unbranched alkanes of at least 4 members (excludes halogenated alkanes) is 1. The van der Waals surface area contributed by atoms with Gasteiger partial charge in [0.15, 0.2) is 0 Å². The number of likely N-dealkylation sites (tertiary alicyclic amines) is 1. The Kier molecular flexibility index (Phi) is 9.10. The molecular formula is C31H34N4O4. The molecule has 2 N–H and O–H groups in total. The number of nitrogens with zero attached hydrogens (tertiary/aromatic N) is 2. The fourth-order valence-electron chi connectivity index (χ4n) is 4.57. The number of hydrogen-bond acceptors (Lipinski definition) is 4. The van der Waals surface area contributed by atoms with E-state index in [-0.39, 0.29) is 36.0 Å². The van der Waals surface area contributed by atoms with Gasteiger partial charge in [0, 0.05) is 44.4 Å². The first-order valence-electron chi connectivity index (χ1n) is 13.2. The minimum Gasteiger partial charge on any atom is -0.342 e. The summed E-state index contributed by atoms with van der Waals surface area (Å²) in [6.07, 6.45) is 2.13. The normalized spacial score (nSPS) is 14.7. The van der Waals surface area contributed by atoms with Crippen LogP contribution in [0.3, 0.4) is 0 Å². The van der Waals surface area contributed by atoms with Gasteiger partial charge in [-0.15, -0.1) is 0 Å². The van der Waals surface area contributed by atoms with Gasteiger partial charge < -0.3 is 20.4 Å². The average Bonchev–Trinajstić information content (AvgIpc) is 3.33. The Hall–Kier alpha value is -4.46. The van der Waals surface area contributed by atoms with Gasteiger partial charge in [-0.2, -0.15) is 0 Å². The van der Waals surface area contributed by atoms with E-state index in [1.54, 1.807) is 65.4 Å². The zero-order chi connectivity index (χ0) is 27.8. The van der Waals surface area contributed by atoms with Gasteiger partial charge in [-0.25, -0.2) is 0 Å². The first-order valence-corrected chi connectivity index (χ1v) is 13.2. The lowest BCUT2D eigenvalue weighted by atomic mass is 10.1. The van der Waals surface area contributed by atoms with Crippen LogP contribution in [0.5, 0.6) is 0 Å². The first-order chi connectivity index (χ1) is 18.9. The molecule has 1 atom stereocenters. The molecule has 1 aliphatic rings. The summed E-state index contributed by atoms with van der Waals surface area (Å²) in [7, 11) is 1.73. The summed E-state index contributed by atoms with van der Waals surface area (Å²) in [4.78, 5) is 54.4. The van der Waals surface area contributed by atoms with E-state index in [0.29, 0.717) is 42.1 Å². The molecule has 0 aliphatic carbocycles. The number of hydrogen-bond donors (Lipinski definition) is 2. The molecule has 1 heterocycles. The molecule has 1 aliphatic heterocycles. The maximum atomic E-state index is 13.1. The van der Waals surface area contributed by atoms with Crippen LogP contribution in [0.25, 0.3) is 0 Å². The SMILES string of the molecule is CCCCN1CC(C(=O)Nc2ccc(C(=O)Nc3ccccc3C(=O)N(C)Cc3ccccc3)cc2)CC1=O. The van der Waals surface area contributed by atoms with Crippen molar-refractivity contribution in [2.75, 3.05) is 30.8 Å². The van der Waals surface area contributed by atoms with Gasteiger partial charge in [-0.3, -0.25) is 19.2 Å². The Balaban J connectivity index is 1.36. The summed E-state index contributed by atoms with van der Waals surface area (Å²) in [5.74, 6) is -1.14. The molecule has 39 heavy (non-hydrogen) atoms. The molecule has 4 rings (SSSR count). The third-order valence-corrected chi connectivity index (χ3v) is 6.80. The Bertz CT molecular complexity index is 1320. The second-order valence-corrected chi connectivity index (χ2v) is 9.81. The van der Waals surface area contributed by atoms with Gasteiger partial charge >= 0.3 is 0 Å². The van der Waals surface area contributed by atoms with Crippen LogP contribution in [-0.4, -0.2) is 53.6 Å². The van der Waals surface area contributed by atoms with Crippen LogP contribution in [0, 0.1) is 5.92 Å². The molecule has 0 bridgehead atoms. The number of para-hydroxylation sites is 1. The zero-order valence-corrected chi connectivity index (χ0v) is 22.4. The maximum absolute atomic E-state index is 13.1. The molecule has 0 aromatic heterocycles. The summed E-state index contributed by atoms with van der Waals surface area (Å²) in [6.45, 7) is 3.63. The van der Waals surface area contributed by atoms with E-state index in [2.05, 4.69) is 17.6 Å². The molecule has 4 amide bonds. The zero-order valence-electron chi connectivity index (χ0n) is 22.4. The van der Waals surface area contributed by atoms with Crippen molar-refractivity contribution in [2.45, 2.75) is 32.7 Å². The van der Waals surface area contributed by atoms with Gasteiger partial charge in [0.2, 0.25) is 11.8 Å². The topological polar surface area (TPSA) is 98.8 Å². The van der Waals surface area contributed by atoms with Gasteiger partial charge in [0.05, 0.1) is 17.2 Å². The van der Waals surface area contributed by atoms with Crippen molar-refractivity contribution in [3.63, 3.8) is 0 Å². The van der Waals surface area contributed by atoms with Crippen LogP contribution in [0.1, 0.15) is 52.5 Å². The molecule has 8 nitrogen and oxygen atoms in total. The van der Waals surface area contributed by atoms with E-state index in [0.717, 1.165) is 18.4 Å². The molecule has 3 aromatic carbocycles. The minimum atomic E-state index is -0.383. The Morgan fingerprint density at radius 3 is 2.33 bits per heavy atom. The maximum Gasteiger partial charge on any atom is 0.256 e. The number of amides is 4. The lowest BCUT2D eigenvalue weighted by molar-refractivity contribution is -0.128. The summed E-state index contributed by atoms with van der Waals surface area (Å²) in [5.41, 5.74) is 2.76. The predicted molar refractivity (Wildman–Crippen MR) is 151 cm³/mol. The van der Waals surface area contributed by atoms with Crippen molar-refractivity contribution in [1.82, 2.24) is 9.80 Å². The number of benzene rings is 3. The van der Waals surface area contributed by atoms with Crippen LogP contribution < -0.4 is 10.6 Å². The van der Waals surface area contributed by atoms with E-state index in [9.17, 15) is 19.2 Å². The Morgan fingerprint density at radius 2 is 1.62 bits per heavy atom. The number of carbonyl (C=O) groups excluding carboxylic acids is 4. The average molecular weight is 527 g/mol. The summed E-state index contributed by atoms with van der Waals surface area (Å²) in [6, 6.07) is 23.1. The monoisotopic (exact) mass is 526 g/mol. The summed E-state index contributed by atoms with van der Waals surface area (Å²) < 4.78 is 0. The predicted octanol–water partition coefficient (Wildman–Crippen LogP) is 4.80. The van der Waals surface area contributed by atoms with Crippen molar-refractivity contribution < 1.29 is 19.2 Å². The molecular weight excluding hydrogens is 492 g/mol. The van der Waals surface area contributed by atoms with Crippen molar-refractivity contribution in [1.29, 1.82) is 0 Å². The van der Waals surface area contributed by atoms with Gasteiger partial charge in [-0.1, -0.05) is 55.8 Å². The largest absolute Gasteiger partial charge is 0.342 e. The quantitative estimate of drug-likeness (QED) is 0.397. The lowest BCUT2D eigenvalue weighted by Gasteiger charge is -2.19. The van der Waals surface area contributed by atoms with E-state index < -0.39 is 0 Å². The lowest BCUT2D eigenvalue weighted by Crippen LogP contribution is -2.29. The first kappa shape index (κ1) is 27.6. The second kappa shape index (κ2) is 12.9. The van der Waals surface area contributed by atoms with Crippen LogP contribution in [-0.2, 0) is 16.1 Å². The fraction of sp³-hybridized carbons (Fsp3) is 0.290. The third-order valence-electron chi connectivity index (χ3n) is 6.80. The molecule has 0 radical (unpaired) electrons. The molecule has 1 unspecified atom stereocenters. The van der Waals surface area contributed by atoms with Crippen LogP contribution in [0.4, 0.5) is 11.4 Å². The van der Waals surface area contributed by atoms with Crippen molar-refractivity contribution >= 4 is 35.0 Å². The van der Waals surface area contributed by atoms with Crippen molar-refractivity contribution in [3.8, 4) is 0 Å². The van der Waals surface area contributed by atoms with Crippen LogP contribution >= 0.6 is 0 Å². The summed E-state index contributed by atoms with van der Waals surface area (Å²) in [5, 5.41) is 5.69. The molecule has 3 aromatic rings. The van der Waals surface area contributed by atoms with Crippen molar-refractivity contribution in [3.05, 3.63) is 95.6 Å². The Morgan fingerprint density at radius 1 is 0.923 bits per heavy atom. The molecule has 1 fully saturated rings. The number of nitrogens with one attached hydrogen (secondary N) is 2. The standard InChI is InChI=1S/C31H34N4O4/c1-3-4-18-35-21-24(19-28(35)36)30(38)32-25-16-14-23(15-17-25)29(37)33-27-13-9-8-12-26(27)31(39)34(2)20-22-10-6-5-7-11-22/h5-17,24H,3-4,18-21H2,1-2H3,(H,32,38)(H,33,37). The molecule has 0 spiro atoms. The van der Waals surface area contributed by atoms with E-state index in [4.69, 9.17) is 0 Å². The highest BCUT2D eigenvalue weighted by molar-refractivity contribution is 6.09. The fourth-order valence-corrected chi connectivity index (χ4v) is 4.57. The van der Waals surface area contributed by atoms with Crippen LogP contribution in [0.2, 0.25) is 0 Å². The van der Waals surface area contributed by atoms with E-state index >= 15 is 0 Å². The van der Waals surface area contributed by atoms with E-state index in [1.165, 1.54) is 0 Å². The van der Waals surface area contributed by atoms with Gasteiger partial charge in [0.1, 0.15) is 0 Å².